The van der Waals surface area contributed by atoms with Crippen molar-refractivity contribution >= 4 is 23.5 Å². The molecule has 4 atom stereocenters. The van der Waals surface area contributed by atoms with Gasteiger partial charge in [-0.25, -0.2) is 4.90 Å². The van der Waals surface area contributed by atoms with Gasteiger partial charge in [0.25, 0.3) is 0 Å². The van der Waals surface area contributed by atoms with Gasteiger partial charge >= 0.3 is 5.97 Å². The maximum Gasteiger partial charge on any atom is 0.321 e. The first-order chi connectivity index (χ1) is 12.9. The molecule has 0 radical (unpaired) electrons. The lowest BCUT2D eigenvalue weighted by Gasteiger charge is -2.22. The number of fused-ring (bicyclic) bond motifs is 1. The van der Waals surface area contributed by atoms with E-state index in [4.69, 9.17) is 0 Å². The average Bonchev–Trinajstić information content (AvgIpc) is 3.14. The zero-order chi connectivity index (χ0) is 19.3. The number of phenolic OH excluding ortho intramolecular Hbond substituents is 1. The Hall–Kier alpha value is -3.19. The fourth-order valence-electron chi connectivity index (χ4n) is 4.02. The normalized spacial score (nSPS) is 27.1. The van der Waals surface area contributed by atoms with Crippen molar-refractivity contribution in [2.75, 3.05) is 4.90 Å². The molecule has 3 N–H and O–H groups in total. The van der Waals surface area contributed by atoms with Crippen molar-refractivity contribution in [3.05, 3.63) is 59.7 Å². The number of phenols is 1. The molecule has 0 saturated carbocycles. The molecule has 138 valence electrons. The van der Waals surface area contributed by atoms with Crippen LogP contribution in [0.25, 0.3) is 0 Å². The highest BCUT2D eigenvalue weighted by molar-refractivity contribution is 6.23. The average molecular weight is 366 g/mol. The molecule has 0 spiro atoms. The Morgan fingerprint density at radius 2 is 1.63 bits per heavy atom. The lowest BCUT2D eigenvalue weighted by Crippen LogP contribution is -2.43. The number of carboxylic acids is 1. The molecular weight excluding hydrogens is 348 g/mol. The van der Waals surface area contributed by atoms with Crippen LogP contribution in [0.2, 0.25) is 0 Å². The third-order valence-electron chi connectivity index (χ3n) is 5.31. The van der Waals surface area contributed by atoms with E-state index in [-0.39, 0.29) is 5.75 Å². The first-order valence-electron chi connectivity index (χ1n) is 8.61. The number of aryl methyl sites for hydroxylation is 1. The van der Waals surface area contributed by atoms with E-state index in [1.807, 2.05) is 6.92 Å². The van der Waals surface area contributed by atoms with Gasteiger partial charge in [-0.1, -0.05) is 35.9 Å². The zero-order valence-electron chi connectivity index (χ0n) is 14.5. The molecule has 4 rings (SSSR count). The number of carboxylic acid groups (broad SMARTS) is 1. The number of benzene rings is 2. The van der Waals surface area contributed by atoms with E-state index in [1.165, 1.54) is 6.07 Å². The molecule has 2 amide bonds. The SMILES string of the molecule is Cc1ccc(N2C(=O)[C@H]3[C@H](C2=O)[C@@H](c2ccccc2O)N[C@@H]3C(=O)O)cc1. The van der Waals surface area contributed by atoms with Crippen LogP contribution in [-0.2, 0) is 14.4 Å². The van der Waals surface area contributed by atoms with Crippen LogP contribution in [0.5, 0.6) is 5.75 Å². The molecule has 2 heterocycles. The Labute approximate surface area is 155 Å². The van der Waals surface area contributed by atoms with E-state index in [9.17, 15) is 24.6 Å². The largest absolute Gasteiger partial charge is 0.508 e. The molecule has 0 unspecified atom stereocenters. The molecule has 0 bridgehead atoms. The molecule has 2 fully saturated rings. The van der Waals surface area contributed by atoms with Crippen LogP contribution in [0.15, 0.2) is 48.5 Å². The highest BCUT2D eigenvalue weighted by atomic mass is 16.4. The van der Waals surface area contributed by atoms with Crippen molar-refractivity contribution in [1.29, 1.82) is 0 Å². The van der Waals surface area contributed by atoms with Gasteiger partial charge < -0.3 is 10.2 Å². The van der Waals surface area contributed by atoms with E-state index in [2.05, 4.69) is 5.32 Å². The minimum absolute atomic E-state index is 0.0474. The zero-order valence-corrected chi connectivity index (χ0v) is 14.5. The van der Waals surface area contributed by atoms with Gasteiger partial charge in [0.15, 0.2) is 0 Å². The van der Waals surface area contributed by atoms with Crippen molar-refractivity contribution < 1.29 is 24.6 Å². The highest BCUT2D eigenvalue weighted by Gasteiger charge is 2.61. The van der Waals surface area contributed by atoms with Gasteiger partial charge in [-0.15, -0.1) is 0 Å². The second-order valence-electron chi connectivity index (χ2n) is 6.92. The first-order valence-corrected chi connectivity index (χ1v) is 8.61. The van der Waals surface area contributed by atoms with Crippen molar-refractivity contribution in [3.63, 3.8) is 0 Å². The number of amides is 2. The van der Waals surface area contributed by atoms with Crippen LogP contribution in [0.3, 0.4) is 0 Å². The smallest absolute Gasteiger partial charge is 0.321 e. The Kier molecular flexibility index (Phi) is 3.96. The van der Waals surface area contributed by atoms with E-state index >= 15 is 0 Å². The van der Waals surface area contributed by atoms with Crippen LogP contribution < -0.4 is 10.2 Å². The maximum atomic E-state index is 13.1. The summed E-state index contributed by atoms with van der Waals surface area (Å²) in [4.78, 5) is 38.9. The van der Waals surface area contributed by atoms with Gasteiger partial charge in [0.05, 0.1) is 17.5 Å². The van der Waals surface area contributed by atoms with Crippen molar-refractivity contribution in [1.82, 2.24) is 5.32 Å². The van der Waals surface area contributed by atoms with Gasteiger partial charge in [-0.05, 0) is 25.1 Å². The molecule has 0 aromatic heterocycles. The second-order valence-corrected chi connectivity index (χ2v) is 6.92. The minimum Gasteiger partial charge on any atom is -0.508 e. The van der Waals surface area contributed by atoms with E-state index in [0.717, 1.165) is 10.5 Å². The Bertz CT molecular complexity index is 940. The number of hydrogen-bond acceptors (Lipinski definition) is 5. The number of para-hydroxylation sites is 1. The molecule has 27 heavy (non-hydrogen) atoms. The summed E-state index contributed by atoms with van der Waals surface area (Å²) in [7, 11) is 0. The predicted octanol–water partition coefficient (Wildman–Crippen LogP) is 1.60. The topological polar surface area (TPSA) is 107 Å². The third-order valence-corrected chi connectivity index (χ3v) is 5.31. The quantitative estimate of drug-likeness (QED) is 0.713. The summed E-state index contributed by atoms with van der Waals surface area (Å²) in [5.74, 6) is -4.16. The Balaban J connectivity index is 1.79. The number of hydrogen-bond donors (Lipinski definition) is 3. The number of rotatable bonds is 3. The molecular formula is C20H18N2O5. The molecule has 2 aromatic carbocycles. The summed E-state index contributed by atoms with van der Waals surface area (Å²) in [5, 5.41) is 22.6. The predicted molar refractivity (Wildman–Crippen MR) is 96.1 cm³/mol. The number of imide groups is 1. The van der Waals surface area contributed by atoms with Crippen LogP contribution in [0, 0.1) is 18.8 Å². The van der Waals surface area contributed by atoms with Crippen LogP contribution >= 0.6 is 0 Å². The molecule has 2 aliphatic rings. The second kappa shape index (κ2) is 6.21. The van der Waals surface area contributed by atoms with Gasteiger partial charge in [-0.3, -0.25) is 19.7 Å². The summed E-state index contributed by atoms with van der Waals surface area (Å²) in [5.41, 5.74) is 1.81. The van der Waals surface area contributed by atoms with E-state index in [1.54, 1.807) is 42.5 Å². The van der Waals surface area contributed by atoms with Gasteiger partial charge in [0.1, 0.15) is 11.8 Å². The molecule has 0 aliphatic carbocycles. The number of nitrogens with zero attached hydrogens (tertiary/aromatic N) is 1. The van der Waals surface area contributed by atoms with Crippen molar-refractivity contribution in [2.45, 2.75) is 19.0 Å². The van der Waals surface area contributed by atoms with Gasteiger partial charge in [0, 0.05) is 11.6 Å². The van der Waals surface area contributed by atoms with E-state index in [0.29, 0.717) is 11.3 Å². The van der Waals surface area contributed by atoms with Crippen LogP contribution in [0.4, 0.5) is 5.69 Å². The van der Waals surface area contributed by atoms with E-state index < -0.39 is 41.7 Å². The number of carbonyl (C=O) groups excluding carboxylic acids is 2. The number of aromatic hydroxyl groups is 1. The van der Waals surface area contributed by atoms with Gasteiger partial charge in [0.2, 0.25) is 11.8 Å². The van der Waals surface area contributed by atoms with Crippen LogP contribution in [-0.4, -0.2) is 34.0 Å². The number of nitrogens with one attached hydrogen (secondary N) is 1. The molecule has 7 nitrogen and oxygen atoms in total. The molecule has 2 aromatic rings. The van der Waals surface area contributed by atoms with Gasteiger partial charge in [-0.2, -0.15) is 0 Å². The fraction of sp³-hybridized carbons (Fsp3) is 0.250. The Morgan fingerprint density at radius 3 is 2.26 bits per heavy atom. The van der Waals surface area contributed by atoms with Crippen LogP contribution in [0.1, 0.15) is 17.2 Å². The summed E-state index contributed by atoms with van der Waals surface area (Å²) in [6.45, 7) is 1.89. The van der Waals surface area contributed by atoms with Crippen molar-refractivity contribution in [2.24, 2.45) is 11.8 Å². The minimum atomic E-state index is -1.20. The summed E-state index contributed by atoms with van der Waals surface area (Å²) in [6.07, 6.45) is 0. The summed E-state index contributed by atoms with van der Waals surface area (Å²) < 4.78 is 0. The standard InChI is InChI=1S/C20H18N2O5/c1-10-6-8-11(9-7-10)22-18(24)14-15(19(22)25)17(20(26)27)21-16(14)12-4-2-3-5-13(12)23/h2-9,14-17,21,23H,1H3,(H,26,27)/t14-,15-,16+,17-/m0/s1. The highest BCUT2D eigenvalue weighted by Crippen LogP contribution is 2.46. The summed E-state index contributed by atoms with van der Waals surface area (Å²) >= 11 is 0. The molecule has 2 saturated heterocycles. The fourth-order valence-corrected chi connectivity index (χ4v) is 4.02. The molecule has 7 heteroatoms. The molecule has 2 aliphatic heterocycles. The summed E-state index contributed by atoms with van der Waals surface area (Å²) in [6, 6.07) is 11.4. The maximum absolute atomic E-state index is 13.1. The lowest BCUT2D eigenvalue weighted by molar-refractivity contribution is -0.142. The first kappa shape index (κ1) is 17.2. The van der Waals surface area contributed by atoms with Crippen molar-refractivity contribution in [3.8, 4) is 5.75 Å². The third kappa shape index (κ3) is 2.59. The number of anilines is 1. The number of aliphatic carboxylic acids is 1. The lowest BCUT2D eigenvalue weighted by atomic mass is 9.86. The monoisotopic (exact) mass is 366 g/mol. The number of carbonyl (C=O) groups is 3. The Morgan fingerprint density at radius 1 is 1.00 bits per heavy atom.